The highest BCUT2D eigenvalue weighted by Gasteiger charge is 2.28. The number of alkyl halides is 3. The van der Waals surface area contributed by atoms with E-state index in [4.69, 9.17) is 0 Å². The van der Waals surface area contributed by atoms with Crippen LogP contribution in [-0.2, 0) is 15.6 Å². The highest BCUT2D eigenvalue weighted by molar-refractivity contribution is 7.99. The minimum Gasteiger partial charge on any atom is -0.484 e. The van der Waals surface area contributed by atoms with Crippen LogP contribution in [0.25, 0.3) is 0 Å². The minimum atomic E-state index is -4.35. The third kappa shape index (κ3) is 8.31. The molecule has 0 aliphatic carbocycles. The Morgan fingerprint density at radius 1 is 1.20 bits per heavy atom. The standard InChI is InChI=1S/C12H15F3O3S2/c1-20(16,17)7-6-19-8-10-2-4-11(5-3-10)18-9-12(13,14)15/h2-5H,6-9H2,1H3. The third-order valence-corrected chi connectivity index (χ3v) is 4.43. The van der Waals surface area contributed by atoms with Gasteiger partial charge in [0.2, 0.25) is 0 Å². The molecule has 0 bridgehead atoms. The monoisotopic (exact) mass is 328 g/mol. The second-order valence-corrected chi connectivity index (χ2v) is 7.60. The zero-order valence-electron chi connectivity index (χ0n) is 10.8. The molecule has 0 aliphatic rings. The first-order chi connectivity index (χ1) is 9.16. The summed E-state index contributed by atoms with van der Waals surface area (Å²) in [7, 11) is -2.95. The molecule has 0 atom stereocenters. The van der Waals surface area contributed by atoms with Gasteiger partial charge in [-0.1, -0.05) is 12.1 Å². The molecule has 0 spiro atoms. The van der Waals surface area contributed by atoms with Gasteiger partial charge in [-0.05, 0) is 17.7 Å². The molecule has 0 radical (unpaired) electrons. The molecule has 1 rings (SSSR count). The molecule has 0 aromatic heterocycles. The van der Waals surface area contributed by atoms with Crippen LogP contribution in [0, 0.1) is 0 Å². The van der Waals surface area contributed by atoms with Crippen LogP contribution < -0.4 is 4.74 Å². The Balaban J connectivity index is 2.35. The number of hydrogen-bond acceptors (Lipinski definition) is 4. The Hall–Kier alpha value is -0.890. The molecule has 0 saturated carbocycles. The summed E-state index contributed by atoms with van der Waals surface area (Å²) in [6.45, 7) is -1.31. The van der Waals surface area contributed by atoms with Gasteiger partial charge in [0, 0.05) is 17.8 Å². The molecule has 20 heavy (non-hydrogen) atoms. The second kappa shape index (κ2) is 7.21. The first kappa shape index (κ1) is 17.2. The molecular formula is C12H15F3O3S2. The molecule has 0 amide bonds. The van der Waals surface area contributed by atoms with E-state index in [0.717, 1.165) is 5.56 Å². The molecule has 0 unspecified atom stereocenters. The van der Waals surface area contributed by atoms with Crippen molar-refractivity contribution in [3.05, 3.63) is 29.8 Å². The van der Waals surface area contributed by atoms with Crippen LogP contribution >= 0.6 is 11.8 Å². The Kier molecular flexibility index (Phi) is 6.19. The maximum absolute atomic E-state index is 11.9. The van der Waals surface area contributed by atoms with E-state index in [1.54, 1.807) is 12.1 Å². The van der Waals surface area contributed by atoms with E-state index in [-0.39, 0.29) is 11.5 Å². The summed E-state index contributed by atoms with van der Waals surface area (Å²) < 4.78 is 62.3. The van der Waals surface area contributed by atoms with E-state index < -0.39 is 22.6 Å². The smallest absolute Gasteiger partial charge is 0.422 e. The van der Waals surface area contributed by atoms with Crippen LogP contribution in [0.3, 0.4) is 0 Å². The van der Waals surface area contributed by atoms with Crippen LogP contribution in [0.5, 0.6) is 5.75 Å². The van der Waals surface area contributed by atoms with Crippen molar-refractivity contribution in [2.24, 2.45) is 0 Å². The lowest BCUT2D eigenvalue weighted by Crippen LogP contribution is -2.19. The van der Waals surface area contributed by atoms with Gasteiger partial charge in [-0.15, -0.1) is 0 Å². The summed E-state index contributed by atoms with van der Waals surface area (Å²) in [5.41, 5.74) is 0.905. The third-order valence-electron chi connectivity index (χ3n) is 2.19. The van der Waals surface area contributed by atoms with Gasteiger partial charge in [0.25, 0.3) is 0 Å². The van der Waals surface area contributed by atoms with Gasteiger partial charge >= 0.3 is 6.18 Å². The summed E-state index contributed by atoms with van der Waals surface area (Å²) >= 11 is 1.46. The van der Waals surface area contributed by atoms with Crippen LogP contribution in [0.15, 0.2) is 24.3 Å². The molecule has 0 N–H and O–H groups in total. The van der Waals surface area contributed by atoms with E-state index in [9.17, 15) is 21.6 Å². The highest BCUT2D eigenvalue weighted by Crippen LogP contribution is 2.20. The summed E-state index contributed by atoms with van der Waals surface area (Å²) in [5, 5.41) is 0. The van der Waals surface area contributed by atoms with Gasteiger partial charge in [-0.3, -0.25) is 0 Å². The molecule has 3 nitrogen and oxygen atoms in total. The Bertz CT molecular complexity index is 510. The first-order valence-electron chi connectivity index (χ1n) is 5.70. The molecule has 0 heterocycles. The zero-order chi connectivity index (χ0) is 15.2. The van der Waals surface area contributed by atoms with Crippen molar-refractivity contribution in [3.8, 4) is 5.75 Å². The maximum Gasteiger partial charge on any atom is 0.422 e. The molecule has 8 heteroatoms. The first-order valence-corrected chi connectivity index (χ1v) is 8.91. The largest absolute Gasteiger partial charge is 0.484 e. The lowest BCUT2D eigenvalue weighted by molar-refractivity contribution is -0.153. The quantitative estimate of drug-likeness (QED) is 0.722. The molecule has 1 aromatic carbocycles. The van der Waals surface area contributed by atoms with Crippen LogP contribution in [0.1, 0.15) is 5.56 Å². The number of ether oxygens (including phenoxy) is 1. The highest BCUT2D eigenvalue weighted by atomic mass is 32.2. The van der Waals surface area contributed by atoms with Gasteiger partial charge in [0.1, 0.15) is 15.6 Å². The molecular weight excluding hydrogens is 313 g/mol. The summed E-state index contributed by atoms with van der Waals surface area (Å²) in [4.78, 5) is 0. The van der Waals surface area contributed by atoms with Crippen molar-refractivity contribution in [1.29, 1.82) is 0 Å². The maximum atomic E-state index is 11.9. The number of benzene rings is 1. The van der Waals surface area contributed by atoms with E-state index >= 15 is 0 Å². The average Bonchev–Trinajstić information content (AvgIpc) is 2.31. The fourth-order valence-corrected chi connectivity index (χ4v) is 3.50. The van der Waals surface area contributed by atoms with Crippen molar-refractivity contribution in [2.75, 3.05) is 24.4 Å². The van der Waals surface area contributed by atoms with E-state index in [1.165, 1.54) is 30.2 Å². The summed E-state index contributed by atoms with van der Waals surface area (Å²) in [6, 6.07) is 6.27. The number of thioether (sulfide) groups is 1. The predicted octanol–water partition coefficient (Wildman–Crippen LogP) is 2.91. The minimum absolute atomic E-state index is 0.116. The van der Waals surface area contributed by atoms with Crippen LogP contribution in [0.4, 0.5) is 13.2 Å². The van der Waals surface area contributed by atoms with E-state index in [1.807, 2.05) is 0 Å². The molecule has 114 valence electrons. The van der Waals surface area contributed by atoms with Gasteiger partial charge in [0.05, 0.1) is 5.75 Å². The second-order valence-electron chi connectivity index (χ2n) is 4.23. The number of rotatable bonds is 7. The van der Waals surface area contributed by atoms with Gasteiger partial charge < -0.3 is 4.74 Å². The number of halogens is 3. The molecule has 0 aliphatic heterocycles. The van der Waals surface area contributed by atoms with Gasteiger partial charge in [-0.25, -0.2) is 8.42 Å². The lowest BCUT2D eigenvalue weighted by atomic mass is 10.2. The van der Waals surface area contributed by atoms with Crippen molar-refractivity contribution in [2.45, 2.75) is 11.9 Å². The fraction of sp³-hybridized carbons (Fsp3) is 0.500. The Labute approximate surface area is 120 Å². The van der Waals surface area contributed by atoms with Crippen LogP contribution in [0.2, 0.25) is 0 Å². The molecule has 0 saturated heterocycles. The van der Waals surface area contributed by atoms with E-state index in [0.29, 0.717) is 11.5 Å². The number of sulfone groups is 1. The Morgan fingerprint density at radius 2 is 1.80 bits per heavy atom. The normalized spacial score (nSPS) is 12.4. The van der Waals surface area contributed by atoms with E-state index in [2.05, 4.69) is 4.74 Å². The predicted molar refractivity (Wildman–Crippen MR) is 73.9 cm³/mol. The Morgan fingerprint density at radius 3 is 2.30 bits per heavy atom. The van der Waals surface area contributed by atoms with Crippen molar-refractivity contribution < 1.29 is 26.3 Å². The topological polar surface area (TPSA) is 43.4 Å². The zero-order valence-corrected chi connectivity index (χ0v) is 12.4. The van der Waals surface area contributed by atoms with Crippen molar-refractivity contribution in [1.82, 2.24) is 0 Å². The SMILES string of the molecule is CS(=O)(=O)CCSCc1ccc(OCC(F)(F)F)cc1. The lowest BCUT2D eigenvalue weighted by Gasteiger charge is -2.09. The van der Waals surface area contributed by atoms with Gasteiger partial charge in [-0.2, -0.15) is 24.9 Å². The van der Waals surface area contributed by atoms with Crippen LogP contribution in [-0.4, -0.2) is 39.0 Å². The summed E-state index contributed by atoms with van der Waals surface area (Å²) in [6.07, 6.45) is -3.17. The molecule has 0 fully saturated rings. The summed E-state index contributed by atoms with van der Waals surface area (Å²) in [5.74, 6) is 1.37. The fourth-order valence-electron chi connectivity index (χ4n) is 1.25. The van der Waals surface area contributed by atoms with Crippen molar-refractivity contribution in [3.63, 3.8) is 0 Å². The molecule has 1 aromatic rings. The number of hydrogen-bond donors (Lipinski definition) is 0. The van der Waals surface area contributed by atoms with Crippen molar-refractivity contribution >= 4 is 21.6 Å². The average molecular weight is 328 g/mol. The van der Waals surface area contributed by atoms with Gasteiger partial charge in [0.15, 0.2) is 6.61 Å².